The number of nitrogens with one attached hydrogen (secondary N) is 2. The molecule has 0 spiro atoms. The number of aromatic amines is 1. The van der Waals surface area contributed by atoms with Gasteiger partial charge in [0.25, 0.3) is 12.0 Å². The highest BCUT2D eigenvalue weighted by Gasteiger charge is 2.32. The Bertz CT molecular complexity index is 976. The van der Waals surface area contributed by atoms with Crippen molar-refractivity contribution in [2.75, 3.05) is 20.8 Å². The van der Waals surface area contributed by atoms with E-state index in [2.05, 4.69) is 10.1 Å². The molecule has 3 rings (SSSR count). The molecule has 1 aromatic heterocycles. The number of nitrogens with zero attached hydrogens (tertiary/aromatic N) is 1. The quantitative estimate of drug-likeness (QED) is 0.339. The Morgan fingerprint density at radius 2 is 1.97 bits per heavy atom. The summed E-state index contributed by atoms with van der Waals surface area (Å²) in [4.78, 5) is 33.3. The lowest BCUT2D eigenvalue weighted by atomic mass is 10.2. The van der Waals surface area contributed by atoms with Crippen molar-refractivity contribution in [2.24, 2.45) is 0 Å². The number of carbonyl (C=O) groups is 1. The number of aryl methyl sites for hydroxylation is 1. The number of fused-ring (bicyclic) bond motifs is 1. The molecule has 0 fully saturated rings. The number of methoxy groups -OCH3 is 1. The average molecular weight is 459 g/mol. The number of aliphatic hydroxyl groups is 1. The highest BCUT2D eigenvalue weighted by Crippen LogP contribution is 2.48. The van der Waals surface area contributed by atoms with E-state index < -0.39 is 25.1 Å². The predicted octanol–water partition coefficient (Wildman–Crippen LogP) is 0.558. The lowest BCUT2D eigenvalue weighted by Crippen LogP contribution is -2.31. The van der Waals surface area contributed by atoms with Gasteiger partial charge in [0.15, 0.2) is 0 Å². The Hall–Kier alpha value is -2.76. The maximum atomic E-state index is 12.7. The fourth-order valence-electron chi connectivity index (χ4n) is 2.51. The monoisotopic (exact) mass is 459 g/mol. The summed E-state index contributed by atoms with van der Waals surface area (Å²) >= 11 is 0. The zero-order valence-electron chi connectivity index (χ0n) is 17.1. The third-order valence-corrected chi connectivity index (χ3v) is 5.48. The number of hydrogen-bond donors (Lipinski definition) is 4. The normalized spacial score (nSPS) is 17.5. The van der Waals surface area contributed by atoms with Crippen LogP contribution in [-0.4, -0.2) is 53.2 Å². The molecular formula is C18H26N3O9P. The van der Waals surface area contributed by atoms with Crippen molar-refractivity contribution in [1.82, 2.24) is 14.6 Å². The SMILES string of the molecule is CO.COC(CCn1ccc(=O)[nH]c1=O)COP1(=O)NCc2ccccc2O1.O=CO. The molecule has 0 saturated heterocycles. The summed E-state index contributed by atoms with van der Waals surface area (Å²) in [6.07, 6.45) is 1.45. The maximum Gasteiger partial charge on any atom is 0.459 e. The molecule has 0 radical (unpaired) electrons. The Labute approximate surface area is 178 Å². The first-order chi connectivity index (χ1) is 14.9. The Balaban J connectivity index is 0.000000884. The summed E-state index contributed by atoms with van der Waals surface area (Å²) in [5, 5.41) is 16.7. The predicted molar refractivity (Wildman–Crippen MR) is 111 cm³/mol. The van der Waals surface area contributed by atoms with Crippen LogP contribution in [0.2, 0.25) is 0 Å². The van der Waals surface area contributed by atoms with Crippen LogP contribution in [0, 0.1) is 0 Å². The number of benzene rings is 1. The van der Waals surface area contributed by atoms with E-state index in [4.69, 9.17) is 28.8 Å². The van der Waals surface area contributed by atoms with Gasteiger partial charge in [0, 0.05) is 45.1 Å². The van der Waals surface area contributed by atoms with Crippen molar-refractivity contribution in [3.05, 3.63) is 62.9 Å². The fraction of sp³-hybridized carbons (Fsp3) is 0.389. The number of rotatable bonds is 7. The highest BCUT2D eigenvalue weighted by atomic mass is 31.2. The number of para-hydroxylation sites is 1. The van der Waals surface area contributed by atoms with Crippen molar-refractivity contribution in [3.8, 4) is 5.75 Å². The molecule has 1 aliphatic rings. The first-order valence-electron chi connectivity index (χ1n) is 9.03. The van der Waals surface area contributed by atoms with Crippen LogP contribution in [0.3, 0.4) is 0 Å². The van der Waals surface area contributed by atoms with Gasteiger partial charge in [-0.2, -0.15) is 0 Å². The van der Waals surface area contributed by atoms with E-state index in [0.29, 0.717) is 25.3 Å². The van der Waals surface area contributed by atoms with Crippen LogP contribution in [0.4, 0.5) is 0 Å². The summed E-state index contributed by atoms with van der Waals surface area (Å²) in [5.74, 6) is 0.531. The van der Waals surface area contributed by atoms with E-state index in [1.54, 1.807) is 12.1 Å². The van der Waals surface area contributed by atoms with Gasteiger partial charge in [-0.25, -0.2) is 14.4 Å². The van der Waals surface area contributed by atoms with Crippen LogP contribution in [0.15, 0.2) is 46.1 Å². The van der Waals surface area contributed by atoms with Gasteiger partial charge in [-0.15, -0.1) is 0 Å². The molecule has 0 saturated carbocycles. The van der Waals surface area contributed by atoms with Crippen LogP contribution in [0.5, 0.6) is 5.75 Å². The largest absolute Gasteiger partial charge is 0.483 e. The van der Waals surface area contributed by atoms with Crippen LogP contribution >= 0.6 is 7.75 Å². The topological polar surface area (TPSA) is 169 Å². The number of aliphatic hydroxyl groups excluding tert-OH is 1. The molecule has 2 heterocycles. The van der Waals surface area contributed by atoms with Crippen molar-refractivity contribution < 1.29 is 33.4 Å². The summed E-state index contributed by atoms with van der Waals surface area (Å²) < 4.78 is 30.3. The van der Waals surface area contributed by atoms with Crippen molar-refractivity contribution in [1.29, 1.82) is 0 Å². The standard InChI is InChI=1S/C16H20N3O6P.CH2O2.CH4O/c1-23-13(6-8-19-9-7-15(20)18-16(19)21)11-24-26(22)17-10-12-4-2-3-5-14(12)25-26;2-1-3;1-2/h2-5,7,9,13H,6,8,10-11H2,1H3,(H,17,22)(H,18,20,21);1H,(H,2,3);2H,1H3. The molecule has 0 amide bonds. The lowest BCUT2D eigenvalue weighted by Gasteiger charge is -2.27. The summed E-state index contributed by atoms with van der Waals surface area (Å²) in [7, 11) is -0.967. The van der Waals surface area contributed by atoms with E-state index in [0.717, 1.165) is 12.7 Å². The molecule has 4 N–H and O–H groups in total. The first kappa shape index (κ1) is 26.3. The minimum atomic E-state index is -3.47. The summed E-state index contributed by atoms with van der Waals surface area (Å²) in [5.41, 5.74) is -0.0324. The van der Waals surface area contributed by atoms with E-state index in [-0.39, 0.29) is 13.1 Å². The Morgan fingerprint density at radius 1 is 1.29 bits per heavy atom. The van der Waals surface area contributed by atoms with Crippen LogP contribution < -0.4 is 20.9 Å². The second-order valence-corrected chi connectivity index (χ2v) is 7.63. The smallest absolute Gasteiger partial charge is 0.459 e. The molecule has 1 aromatic carbocycles. The van der Waals surface area contributed by atoms with Gasteiger partial charge in [0.1, 0.15) is 5.75 Å². The zero-order chi connectivity index (χ0) is 23.3. The van der Waals surface area contributed by atoms with Gasteiger partial charge in [-0.05, 0) is 12.5 Å². The van der Waals surface area contributed by atoms with Crippen molar-refractivity contribution >= 4 is 14.2 Å². The average Bonchev–Trinajstić information content (AvgIpc) is 2.77. The number of H-pyrrole nitrogens is 1. The molecule has 1 aliphatic heterocycles. The number of carboxylic acid groups (broad SMARTS) is 1. The fourth-order valence-corrected chi connectivity index (χ4v) is 3.88. The molecule has 12 nitrogen and oxygen atoms in total. The third kappa shape index (κ3) is 8.48. The molecule has 0 bridgehead atoms. The van der Waals surface area contributed by atoms with Crippen LogP contribution in [-0.2, 0) is 31.7 Å². The molecule has 31 heavy (non-hydrogen) atoms. The number of hydrogen-bond acceptors (Lipinski definition) is 8. The van der Waals surface area contributed by atoms with Crippen LogP contribution in [0.1, 0.15) is 12.0 Å². The van der Waals surface area contributed by atoms with Gasteiger partial charge >= 0.3 is 13.4 Å². The van der Waals surface area contributed by atoms with Crippen molar-refractivity contribution in [3.63, 3.8) is 0 Å². The van der Waals surface area contributed by atoms with Gasteiger partial charge in [0.05, 0.1) is 12.7 Å². The number of aromatic nitrogens is 2. The van der Waals surface area contributed by atoms with Gasteiger partial charge in [-0.1, -0.05) is 18.2 Å². The summed E-state index contributed by atoms with van der Waals surface area (Å²) in [6, 6.07) is 8.57. The van der Waals surface area contributed by atoms with Crippen molar-refractivity contribution in [2.45, 2.75) is 25.6 Å². The van der Waals surface area contributed by atoms with E-state index in [9.17, 15) is 14.2 Å². The molecular weight excluding hydrogens is 433 g/mol. The minimum absolute atomic E-state index is 0.0288. The van der Waals surface area contributed by atoms with Gasteiger partial charge in [0.2, 0.25) is 0 Å². The Kier molecular flexibility index (Phi) is 11.5. The van der Waals surface area contributed by atoms with Gasteiger partial charge in [-0.3, -0.25) is 19.1 Å². The number of ether oxygens (including phenoxy) is 1. The molecule has 0 aliphatic carbocycles. The Morgan fingerprint density at radius 3 is 2.61 bits per heavy atom. The second-order valence-electron chi connectivity index (χ2n) is 5.88. The minimum Gasteiger partial charge on any atom is -0.483 e. The van der Waals surface area contributed by atoms with E-state index >= 15 is 0 Å². The molecule has 13 heteroatoms. The van der Waals surface area contributed by atoms with E-state index in [1.807, 2.05) is 12.1 Å². The molecule has 2 unspecified atom stereocenters. The maximum absolute atomic E-state index is 12.7. The zero-order valence-corrected chi connectivity index (χ0v) is 18.0. The van der Waals surface area contributed by atoms with E-state index in [1.165, 1.54) is 23.9 Å². The molecule has 172 valence electrons. The third-order valence-electron chi connectivity index (χ3n) is 4.01. The van der Waals surface area contributed by atoms with Gasteiger partial charge < -0.3 is 24.0 Å². The second kappa shape index (κ2) is 13.5. The molecule has 2 atom stereocenters. The first-order valence-corrected chi connectivity index (χ1v) is 10.6. The molecule has 2 aromatic rings. The lowest BCUT2D eigenvalue weighted by molar-refractivity contribution is -0.122. The highest BCUT2D eigenvalue weighted by molar-refractivity contribution is 7.52. The summed E-state index contributed by atoms with van der Waals surface area (Å²) in [6.45, 7) is 0.484. The van der Waals surface area contributed by atoms with Crippen LogP contribution in [0.25, 0.3) is 0 Å².